The topological polar surface area (TPSA) is 70.5 Å². The molecule has 0 bridgehead atoms. The molecule has 120 valence electrons. The first-order chi connectivity index (χ1) is 10.5. The first kappa shape index (κ1) is 16.9. The summed E-state index contributed by atoms with van der Waals surface area (Å²) in [7, 11) is -3.66. The van der Waals surface area contributed by atoms with Crippen LogP contribution in [0.5, 0.6) is 0 Å². The molecule has 0 aliphatic carbocycles. The number of nitrogens with zero attached hydrogens (tertiary/aromatic N) is 2. The number of para-hydroxylation sites is 1. The molecule has 0 unspecified atom stereocenters. The summed E-state index contributed by atoms with van der Waals surface area (Å²) >= 11 is 0. The van der Waals surface area contributed by atoms with Gasteiger partial charge < -0.3 is 5.11 Å². The van der Waals surface area contributed by atoms with Crippen LogP contribution in [0.1, 0.15) is 25.3 Å². The molecule has 1 aromatic heterocycles. The smallest absolute Gasteiger partial charge is 0.245 e. The third-order valence-electron chi connectivity index (χ3n) is 3.54. The van der Waals surface area contributed by atoms with Gasteiger partial charge in [-0.3, -0.25) is 4.98 Å². The van der Waals surface area contributed by atoms with Crippen LogP contribution in [0.4, 0.5) is 0 Å². The van der Waals surface area contributed by atoms with Crippen LogP contribution < -0.4 is 0 Å². The first-order valence-corrected chi connectivity index (χ1v) is 8.91. The minimum absolute atomic E-state index is 0.102. The molecule has 0 aliphatic heterocycles. The number of sulfonamides is 1. The molecule has 1 heterocycles. The van der Waals surface area contributed by atoms with Gasteiger partial charge in [-0.25, -0.2) is 8.42 Å². The summed E-state index contributed by atoms with van der Waals surface area (Å²) in [6.07, 6.45) is 3.32. The van der Waals surface area contributed by atoms with Gasteiger partial charge in [-0.1, -0.05) is 25.5 Å². The van der Waals surface area contributed by atoms with Crippen LogP contribution in [0.2, 0.25) is 0 Å². The van der Waals surface area contributed by atoms with Crippen LogP contribution in [-0.4, -0.2) is 42.5 Å². The van der Waals surface area contributed by atoms with Crippen molar-refractivity contribution < 1.29 is 13.5 Å². The van der Waals surface area contributed by atoms with Gasteiger partial charge in [0, 0.05) is 24.7 Å². The number of unbranched alkanes of at least 4 members (excludes halogenated alkanes) is 1. The van der Waals surface area contributed by atoms with E-state index in [1.807, 2.05) is 26.0 Å². The Labute approximate surface area is 131 Å². The van der Waals surface area contributed by atoms with Crippen molar-refractivity contribution in [1.82, 2.24) is 9.29 Å². The van der Waals surface area contributed by atoms with Crippen molar-refractivity contribution in [2.24, 2.45) is 0 Å². The number of aliphatic hydroxyl groups excluding tert-OH is 1. The highest BCUT2D eigenvalue weighted by atomic mass is 32.2. The number of hydrogen-bond acceptors (Lipinski definition) is 4. The molecular weight excluding hydrogens is 300 g/mol. The zero-order valence-electron chi connectivity index (χ0n) is 13.0. The normalized spacial score (nSPS) is 12.2. The van der Waals surface area contributed by atoms with E-state index >= 15 is 0 Å². The second-order valence-corrected chi connectivity index (χ2v) is 7.23. The Morgan fingerprint density at radius 2 is 2.05 bits per heavy atom. The van der Waals surface area contributed by atoms with Crippen LogP contribution in [0.3, 0.4) is 0 Å². The fraction of sp³-hybridized carbons (Fsp3) is 0.438. The molecule has 1 N–H and O–H groups in total. The van der Waals surface area contributed by atoms with Crippen molar-refractivity contribution in [3.05, 3.63) is 36.0 Å². The lowest BCUT2D eigenvalue weighted by molar-refractivity contribution is 0.252. The monoisotopic (exact) mass is 322 g/mol. The van der Waals surface area contributed by atoms with E-state index in [0.29, 0.717) is 12.1 Å². The average molecular weight is 322 g/mol. The van der Waals surface area contributed by atoms with Crippen LogP contribution >= 0.6 is 0 Å². The van der Waals surface area contributed by atoms with E-state index in [1.165, 1.54) is 4.31 Å². The number of rotatable bonds is 7. The molecule has 0 spiro atoms. The lowest BCUT2D eigenvalue weighted by atomic mass is 10.2. The molecule has 2 aromatic rings. The highest BCUT2D eigenvalue weighted by Gasteiger charge is 2.26. The predicted molar refractivity (Wildman–Crippen MR) is 87.2 cm³/mol. The van der Waals surface area contributed by atoms with Crippen molar-refractivity contribution in [3.8, 4) is 0 Å². The molecule has 1 aromatic carbocycles. The Hall–Kier alpha value is -1.50. The Morgan fingerprint density at radius 3 is 2.73 bits per heavy atom. The molecule has 5 nitrogen and oxygen atoms in total. The van der Waals surface area contributed by atoms with Crippen molar-refractivity contribution in [2.75, 3.05) is 19.7 Å². The number of benzene rings is 1. The highest BCUT2D eigenvalue weighted by molar-refractivity contribution is 7.89. The molecule has 0 saturated carbocycles. The van der Waals surface area contributed by atoms with Crippen LogP contribution in [-0.2, 0) is 10.0 Å². The fourth-order valence-corrected chi connectivity index (χ4v) is 4.02. The van der Waals surface area contributed by atoms with Gasteiger partial charge in [-0.05, 0) is 31.0 Å². The molecule has 0 amide bonds. The summed E-state index contributed by atoms with van der Waals surface area (Å²) in [5.41, 5.74) is 1.47. The van der Waals surface area contributed by atoms with Crippen LogP contribution in [0.25, 0.3) is 10.9 Å². The molecular formula is C16H22N2O3S. The van der Waals surface area contributed by atoms with Gasteiger partial charge >= 0.3 is 0 Å². The van der Waals surface area contributed by atoms with E-state index in [4.69, 9.17) is 0 Å². The number of fused-ring (bicyclic) bond motifs is 1. The van der Waals surface area contributed by atoms with Crippen molar-refractivity contribution in [2.45, 2.75) is 31.6 Å². The molecule has 6 heteroatoms. The number of aryl methyl sites for hydroxylation is 1. The van der Waals surface area contributed by atoms with Gasteiger partial charge in [-0.15, -0.1) is 0 Å². The maximum atomic E-state index is 12.9. The second-order valence-electron chi connectivity index (χ2n) is 5.32. The minimum Gasteiger partial charge on any atom is -0.395 e. The minimum atomic E-state index is -3.66. The summed E-state index contributed by atoms with van der Waals surface area (Å²) in [6.45, 7) is 4.24. The van der Waals surface area contributed by atoms with E-state index in [0.717, 1.165) is 23.8 Å². The second kappa shape index (κ2) is 7.17. The molecule has 0 atom stereocenters. The molecule has 22 heavy (non-hydrogen) atoms. The fourth-order valence-electron chi connectivity index (χ4n) is 2.39. The van der Waals surface area contributed by atoms with Gasteiger partial charge in [0.25, 0.3) is 0 Å². The third kappa shape index (κ3) is 3.45. The number of aromatic nitrogens is 1. The Bertz CT molecular complexity index is 744. The van der Waals surface area contributed by atoms with Gasteiger partial charge in [-0.2, -0.15) is 4.31 Å². The van der Waals surface area contributed by atoms with E-state index in [1.54, 1.807) is 18.3 Å². The van der Waals surface area contributed by atoms with Crippen molar-refractivity contribution in [3.63, 3.8) is 0 Å². The molecule has 0 radical (unpaired) electrons. The number of hydrogen-bond donors (Lipinski definition) is 1. The Morgan fingerprint density at radius 1 is 1.27 bits per heavy atom. The largest absolute Gasteiger partial charge is 0.395 e. The number of aliphatic hydroxyl groups is 1. The Balaban J connectivity index is 2.52. The lowest BCUT2D eigenvalue weighted by Crippen LogP contribution is -2.34. The summed E-state index contributed by atoms with van der Waals surface area (Å²) in [4.78, 5) is 4.50. The Kier molecular flexibility index (Phi) is 5.50. The third-order valence-corrected chi connectivity index (χ3v) is 5.47. The zero-order valence-corrected chi connectivity index (χ0v) is 13.8. The SMILES string of the molecule is CCCCN(CCO)S(=O)(=O)c1cccc2cc(C)cnc12. The van der Waals surface area contributed by atoms with E-state index < -0.39 is 10.0 Å². The molecule has 0 aliphatic rings. The molecule has 2 rings (SSSR count). The molecule has 0 fully saturated rings. The summed E-state index contributed by atoms with van der Waals surface area (Å²) < 4.78 is 27.1. The predicted octanol–water partition coefficient (Wildman–Crippen LogP) is 2.33. The lowest BCUT2D eigenvalue weighted by Gasteiger charge is -2.21. The van der Waals surface area contributed by atoms with Gasteiger partial charge in [0.05, 0.1) is 12.1 Å². The van der Waals surface area contributed by atoms with Gasteiger partial charge in [0.2, 0.25) is 10.0 Å². The van der Waals surface area contributed by atoms with Crippen LogP contribution in [0, 0.1) is 6.92 Å². The molecule has 0 saturated heterocycles. The standard InChI is InChI=1S/C16H22N2O3S/c1-3-4-8-18(9-10-19)22(20,21)15-7-5-6-14-11-13(2)12-17-16(14)15/h5-7,11-12,19H,3-4,8-10H2,1-2H3. The maximum Gasteiger partial charge on any atom is 0.245 e. The van der Waals surface area contributed by atoms with Crippen molar-refractivity contribution in [1.29, 1.82) is 0 Å². The first-order valence-electron chi connectivity index (χ1n) is 7.47. The average Bonchev–Trinajstić information content (AvgIpc) is 2.50. The van der Waals surface area contributed by atoms with E-state index in [-0.39, 0.29) is 18.0 Å². The van der Waals surface area contributed by atoms with E-state index in [2.05, 4.69) is 4.98 Å². The van der Waals surface area contributed by atoms with Crippen molar-refractivity contribution >= 4 is 20.9 Å². The zero-order chi connectivity index (χ0) is 16.2. The highest BCUT2D eigenvalue weighted by Crippen LogP contribution is 2.25. The summed E-state index contributed by atoms with van der Waals surface area (Å²) in [5, 5.41) is 9.98. The maximum absolute atomic E-state index is 12.9. The quantitative estimate of drug-likeness (QED) is 0.849. The summed E-state index contributed by atoms with van der Waals surface area (Å²) in [6, 6.07) is 7.09. The van der Waals surface area contributed by atoms with Gasteiger partial charge in [0.1, 0.15) is 4.90 Å². The summed E-state index contributed by atoms with van der Waals surface area (Å²) in [5.74, 6) is 0. The van der Waals surface area contributed by atoms with Crippen LogP contribution in [0.15, 0.2) is 35.4 Å². The van der Waals surface area contributed by atoms with E-state index in [9.17, 15) is 13.5 Å². The number of pyridine rings is 1. The van der Waals surface area contributed by atoms with Gasteiger partial charge in [0.15, 0.2) is 0 Å².